The molecule has 7 heteroatoms. The molecule has 30 heavy (non-hydrogen) atoms. The van der Waals surface area contributed by atoms with E-state index in [0.717, 1.165) is 35.5 Å². The van der Waals surface area contributed by atoms with E-state index in [4.69, 9.17) is 0 Å². The van der Waals surface area contributed by atoms with Gasteiger partial charge in [0.2, 0.25) is 10.0 Å². The molecule has 3 aromatic rings. The number of hydrogen-bond acceptors (Lipinski definition) is 3. The maximum Gasteiger partial charge on any atom is 0.253 e. The van der Waals surface area contributed by atoms with E-state index in [1.807, 2.05) is 50.2 Å². The van der Waals surface area contributed by atoms with Crippen LogP contribution in [-0.4, -0.2) is 24.9 Å². The zero-order valence-electron chi connectivity index (χ0n) is 17.1. The lowest BCUT2D eigenvalue weighted by atomic mass is 10.2. The number of para-hydroxylation sites is 1. The summed E-state index contributed by atoms with van der Waals surface area (Å²) < 4.78 is 29.2. The summed E-state index contributed by atoms with van der Waals surface area (Å²) in [6.45, 7) is 4.23. The van der Waals surface area contributed by atoms with Gasteiger partial charge in [-0.05, 0) is 62.6 Å². The van der Waals surface area contributed by atoms with Gasteiger partial charge in [-0.3, -0.25) is 4.79 Å². The number of carbonyl (C=O) groups is 1. The third-order valence-corrected chi connectivity index (χ3v) is 6.81. The molecule has 1 fully saturated rings. The third-order valence-electron chi connectivity index (χ3n) is 5.28. The van der Waals surface area contributed by atoms with E-state index < -0.39 is 10.0 Å². The van der Waals surface area contributed by atoms with Gasteiger partial charge < -0.3 is 9.88 Å². The van der Waals surface area contributed by atoms with Gasteiger partial charge in [0.05, 0.1) is 10.5 Å². The molecule has 2 aromatic carbocycles. The summed E-state index contributed by atoms with van der Waals surface area (Å²) in [5.74, 6) is -0.155. The average molecular weight is 424 g/mol. The number of nitrogens with zero attached hydrogens (tertiary/aromatic N) is 1. The molecule has 0 unspecified atom stereocenters. The summed E-state index contributed by atoms with van der Waals surface area (Å²) in [4.78, 5) is 13.0. The first-order chi connectivity index (χ1) is 14.3. The van der Waals surface area contributed by atoms with Crippen LogP contribution in [0.4, 0.5) is 0 Å². The summed E-state index contributed by atoms with van der Waals surface area (Å²) in [6, 6.07) is 18.5. The van der Waals surface area contributed by atoms with E-state index in [2.05, 4.69) is 14.6 Å². The van der Waals surface area contributed by atoms with Crippen LogP contribution < -0.4 is 10.0 Å². The lowest BCUT2D eigenvalue weighted by Gasteiger charge is -2.10. The van der Waals surface area contributed by atoms with Crippen molar-refractivity contribution in [3.05, 3.63) is 83.2 Å². The van der Waals surface area contributed by atoms with Crippen molar-refractivity contribution in [3.63, 3.8) is 0 Å². The van der Waals surface area contributed by atoms with Gasteiger partial charge in [0, 0.05) is 29.7 Å². The first kappa shape index (κ1) is 20.4. The summed E-state index contributed by atoms with van der Waals surface area (Å²) in [6.07, 6.45) is 1.79. The van der Waals surface area contributed by atoms with Crippen LogP contribution in [-0.2, 0) is 16.6 Å². The number of rotatable bonds is 7. The van der Waals surface area contributed by atoms with Crippen LogP contribution in [0.3, 0.4) is 0 Å². The minimum Gasteiger partial charge on any atom is -0.348 e. The van der Waals surface area contributed by atoms with Gasteiger partial charge in [0.1, 0.15) is 0 Å². The van der Waals surface area contributed by atoms with Crippen molar-refractivity contribution >= 4 is 15.9 Å². The SMILES string of the molecule is Cc1cc(C(=O)NCc2ccc(S(=O)(=O)NC3CC3)cc2)c(C)n1-c1ccccc1. The van der Waals surface area contributed by atoms with Gasteiger partial charge in [-0.2, -0.15) is 0 Å². The van der Waals surface area contributed by atoms with E-state index in [1.54, 1.807) is 24.3 Å². The Labute approximate surface area is 177 Å². The third kappa shape index (κ3) is 4.32. The molecule has 6 nitrogen and oxygen atoms in total. The van der Waals surface area contributed by atoms with Gasteiger partial charge in [0.25, 0.3) is 5.91 Å². The number of sulfonamides is 1. The van der Waals surface area contributed by atoms with E-state index in [-0.39, 0.29) is 16.8 Å². The van der Waals surface area contributed by atoms with Gasteiger partial charge >= 0.3 is 0 Å². The number of nitrogens with one attached hydrogen (secondary N) is 2. The molecule has 1 aromatic heterocycles. The van der Waals surface area contributed by atoms with E-state index >= 15 is 0 Å². The van der Waals surface area contributed by atoms with Crippen LogP contribution in [0.2, 0.25) is 0 Å². The molecule has 0 aliphatic heterocycles. The largest absolute Gasteiger partial charge is 0.348 e. The Bertz CT molecular complexity index is 1160. The van der Waals surface area contributed by atoms with Crippen LogP contribution >= 0.6 is 0 Å². The Morgan fingerprint density at radius 2 is 1.70 bits per heavy atom. The van der Waals surface area contributed by atoms with Crippen molar-refractivity contribution in [1.29, 1.82) is 0 Å². The van der Waals surface area contributed by atoms with Crippen LogP contribution in [0, 0.1) is 13.8 Å². The average Bonchev–Trinajstić information content (AvgIpc) is 3.49. The lowest BCUT2D eigenvalue weighted by molar-refractivity contribution is 0.0950. The molecule has 0 saturated heterocycles. The fourth-order valence-electron chi connectivity index (χ4n) is 3.52. The normalized spacial score (nSPS) is 13.9. The van der Waals surface area contributed by atoms with Gasteiger partial charge in [-0.15, -0.1) is 0 Å². The Balaban J connectivity index is 1.44. The molecule has 1 aliphatic carbocycles. The van der Waals surface area contributed by atoms with Crippen LogP contribution in [0.15, 0.2) is 65.6 Å². The number of aryl methyl sites for hydroxylation is 1. The Kier molecular flexibility index (Phi) is 5.49. The Morgan fingerprint density at radius 1 is 1.03 bits per heavy atom. The van der Waals surface area contributed by atoms with E-state index in [1.165, 1.54) is 0 Å². The zero-order valence-corrected chi connectivity index (χ0v) is 17.9. The monoisotopic (exact) mass is 423 g/mol. The number of hydrogen-bond donors (Lipinski definition) is 2. The van der Waals surface area contributed by atoms with Crippen LogP contribution in [0.25, 0.3) is 5.69 Å². The highest BCUT2D eigenvalue weighted by Gasteiger charge is 2.27. The fourth-order valence-corrected chi connectivity index (χ4v) is 4.82. The van der Waals surface area contributed by atoms with Crippen LogP contribution in [0.1, 0.15) is 40.2 Å². The molecule has 0 bridgehead atoms. The maximum atomic E-state index is 12.8. The predicted octanol–water partition coefficient (Wildman–Crippen LogP) is 3.46. The standard InChI is InChI=1S/C23H25N3O3S/c1-16-14-22(17(2)26(16)20-6-4-3-5-7-20)23(27)24-15-18-8-12-21(13-9-18)30(28,29)25-19-10-11-19/h3-9,12-14,19,25H,10-11,15H2,1-2H3,(H,24,27). The molecule has 1 heterocycles. The molecule has 0 radical (unpaired) electrons. The minimum absolute atomic E-state index is 0.0730. The van der Waals surface area contributed by atoms with Gasteiger partial charge in [-0.1, -0.05) is 30.3 Å². The van der Waals surface area contributed by atoms with Gasteiger partial charge in [-0.25, -0.2) is 13.1 Å². The highest BCUT2D eigenvalue weighted by molar-refractivity contribution is 7.89. The first-order valence-corrected chi connectivity index (χ1v) is 11.5. The summed E-state index contributed by atoms with van der Waals surface area (Å²) in [5.41, 5.74) is 4.35. The molecule has 1 saturated carbocycles. The quantitative estimate of drug-likeness (QED) is 0.611. The zero-order chi connectivity index (χ0) is 21.3. The molecule has 0 spiro atoms. The second kappa shape index (κ2) is 8.08. The number of aromatic nitrogens is 1. The lowest BCUT2D eigenvalue weighted by Crippen LogP contribution is -2.26. The highest BCUT2D eigenvalue weighted by atomic mass is 32.2. The molecule has 156 valence electrons. The Morgan fingerprint density at radius 3 is 2.33 bits per heavy atom. The summed E-state index contributed by atoms with van der Waals surface area (Å²) >= 11 is 0. The Hall–Kier alpha value is -2.90. The summed E-state index contributed by atoms with van der Waals surface area (Å²) in [7, 11) is -3.46. The molecule has 0 atom stereocenters. The number of benzene rings is 2. The van der Waals surface area contributed by atoms with Crippen molar-refractivity contribution < 1.29 is 13.2 Å². The van der Waals surface area contributed by atoms with Crippen LogP contribution in [0.5, 0.6) is 0 Å². The topological polar surface area (TPSA) is 80.2 Å². The number of amides is 1. The first-order valence-electron chi connectivity index (χ1n) is 9.99. The second-order valence-electron chi connectivity index (χ2n) is 7.68. The second-order valence-corrected chi connectivity index (χ2v) is 9.39. The molecular weight excluding hydrogens is 398 g/mol. The number of carbonyl (C=O) groups excluding carboxylic acids is 1. The summed E-state index contributed by atoms with van der Waals surface area (Å²) in [5, 5.41) is 2.93. The fraction of sp³-hybridized carbons (Fsp3) is 0.261. The van der Waals surface area contributed by atoms with Crippen molar-refractivity contribution in [2.45, 2.75) is 44.2 Å². The van der Waals surface area contributed by atoms with Crippen molar-refractivity contribution in [2.75, 3.05) is 0 Å². The van der Waals surface area contributed by atoms with Crippen molar-refractivity contribution in [2.24, 2.45) is 0 Å². The molecular formula is C23H25N3O3S. The smallest absolute Gasteiger partial charge is 0.253 e. The van der Waals surface area contributed by atoms with Crippen molar-refractivity contribution in [1.82, 2.24) is 14.6 Å². The van der Waals surface area contributed by atoms with E-state index in [0.29, 0.717) is 12.1 Å². The minimum atomic E-state index is -3.46. The molecule has 1 amide bonds. The molecule has 4 rings (SSSR count). The molecule has 2 N–H and O–H groups in total. The van der Waals surface area contributed by atoms with E-state index in [9.17, 15) is 13.2 Å². The predicted molar refractivity (Wildman–Crippen MR) is 116 cm³/mol. The molecule has 1 aliphatic rings. The maximum absolute atomic E-state index is 12.8. The van der Waals surface area contributed by atoms with Gasteiger partial charge in [0.15, 0.2) is 0 Å². The van der Waals surface area contributed by atoms with Crippen molar-refractivity contribution in [3.8, 4) is 5.69 Å². The highest BCUT2D eigenvalue weighted by Crippen LogP contribution is 2.23.